The van der Waals surface area contributed by atoms with Crippen molar-refractivity contribution in [1.82, 2.24) is 4.98 Å². The Bertz CT molecular complexity index is 584. The summed E-state index contributed by atoms with van der Waals surface area (Å²) >= 11 is 18.0. The van der Waals surface area contributed by atoms with Gasteiger partial charge in [0.1, 0.15) is 16.4 Å². The van der Waals surface area contributed by atoms with Crippen molar-refractivity contribution in [1.29, 1.82) is 0 Å². The van der Waals surface area contributed by atoms with Gasteiger partial charge in [-0.2, -0.15) is 0 Å². The van der Waals surface area contributed by atoms with Gasteiger partial charge in [-0.25, -0.2) is 4.98 Å². The second kappa shape index (κ2) is 4.89. The van der Waals surface area contributed by atoms with E-state index in [1.807, 2.05) is 13.0 Å². The second-order valence-corrected chi connectivity index (χ2v) is 4.69. The molecule has 1 aromatic heterocycles. The number of rotatable bonds is 2. The number of fused-ring (bicyclic) bond motifs is 1. The largest absolute Gasteiger partial charge is 0.494 e. The summed E-state index contributed by atoms with van der Waals surface area (Å²) in [5.41, 5.74) is 2.43. The first kappa shape index (κ1) is 12.7. The molecule has 0 radical (unpaired) electrons. The van der Waals surface area contributed by atoms with Crippen molar-refractivity contribution in [3.8, 4) is 5.75 Å². The molecule has 90 valence electrons. The molecular formula is C12H10Cl3NO. The predicted molar refractivity (Wildman–Crippen MR) is 72.6 cm³/mol. The van der Waals surface area contributed by atoms with E-state index in [0.29, 0.717) is 27.3 Å². The average molecular weight is 291 g/mol. The summed E-state index contributed by atoms with van der Waals surface area (Å²) in [6.45, 7) is 1.93. The summed E-state index contributed by atoms with van der Waals surface area (Å²) in [6.07, 6.45) is 0. The van der Waals surface area contributed by atoms with Gasteiger partial charge in [0.2, 0.25) is 0 Å². The molecule has 1 heterocycles. The lowest BCUT2D eigenvalue weighted by molar-refractivity contribution is 0.419. The van der Waals surface area contributed by atoms with E-state index in [1.165, 1.54) is 0 Å². The predicted octanol–water partition coefficient (Wildman–Crippen LogP) is 4.60. The number of benzene rings is 1. The monoisotopic (exact) mass is 289 g/mol. The van der Waals surface area contributed by atoms with Crippen LogP contribution in [0.4, 0.5) is 0 Å². The van der Waals surface area contributed by atoms with Crippen molar-refractivity contribution in [2.45, 2.75) is 12.8 Å². The zero-order valence-electron chi connectivity index (χ0n) is 9.35. The Labute approximate surface area is 114 Å². The van der Waals surface area contributed by atoms with E-state index in [9.17, 15) is 0 Å². The number of hydrogen-bond donors (Lipinski definition) is 0. The molecule has 2 nitrogen and oxygen atoms in total. The van der Waals surface area contributed by atoms with Crippen LogP contribution in [0.3, 0.4) is 0 Å². The quantitative estimate of drug-likeness (QED) is 0.596. The van der Waals surface area contributed by atoms with Crippen molar-refractivity contribution >= 4 is 45.7 Å². The van der Waals surface area contributed by atoms with E-state index >= 15 is 0 Å². The molecule has 0 aliphatic rings. The molecule has 0 N–H and O–H groups in total. The molecular weight excluding hydrogens is 280 g/mol. The highest BCUT2D eigenvalue weighted by Gasteiger charge is 2.13. The number of aryl methyl sites for hydroxylation is 1. The zero-order valence-corrected chi connectivity index (χ0v) is 11.6. The highest BCUT2D eigenvalue weighted by molar-refractivity contribution is 6.33. The van der Waals surface area contributed by atoms with Crippen LogP contribution in [0.5, 0.6) is 5.75 Å². The number of nitrogens with zero attached hydrogens (tertiary/aromatic N) is 1. The number of pyridine rings is 1. The lowest BCUT2D eigenvalue weighted by Crippen LogP contribution is -1.94. The molecule has 2 rings (SSSR count). The molecule has 17 heavy (non-hydrogen) atoms. The maximum Gasteiger partial charge on any atom is 0.146 e. The van der Waals surface area contributed by atoms with E-state index in [1.54, 1.807) is 13.2 Å². The van der Waals surface area contributed by atoms with Gasteiger partial charge in [0, 0.05) is 22.0 Å². The van der Waals surface area contributed by atoms with Crippen LogP contribution in [-0.4, -0.2) is 12.1 Å². The van der Waals surface area contributed by atoms with Crippen LogP contribution in [0.25, 0.3) is 10.9 Å². The van der Waals surface area contributed by atoms with E-state index in [-0.39, 0.29) is 0 Å². The summed E-state index contributed by atoms with van der Waals surface area (Å²) in [6, 6.07) is 3.64. The smallest absolute Gasteiger partial charge is 0.146 e. The molecule has 0 atom stereocenters. The van der Waals surface area contributed by atoms with Crippen molar-refractivity contribution in [3.05, 3.63) is 33.4 Å². The number of ether oxygens (including phenoxy) is 1. The fraction of sp³-hybridized carbons (Fsp3) is 0.250. The Morgan fingerprint density at radius 2 is 2.00 bits per heavy atom. The fourth-order valence-electron chi connectivity index (χ4n) is 1.68. The molecule has 0 aliphatic carbocycles. The van der Waals surface area contributed by atoms with Gasteiger partial charge in [0.15, 0.2) is 0 Å². The van der Waals surface area contributed by atoms with Crippen LogP contribution in [0.2, 0.25) is 10.2 Å². The third-order valence-electron chi connectivity index (χ3n) is 2.67. The first-order valence-electron chi connectivity index (χ1n) is 4.96. The molecule has 1 aromatic carbocycles. The number of aromatic nitrogens is 1. The maximum atomic E-state index is 6.13. The maximum absolute atomic E-state index is 6.13. The first-order valence-corrected chi connectivity index (χ1v) is 6.25. The lowest BCUT2D eigenvalue weighted by atomic mass is 10.1. The van der Waals surface area contributed by atoms with Gasteiger partial charge in [-0.15, -0.1) is 11.6 Å². The third kappa shape index (κ3) is 2.17. The normalized spacial score (nSPS) is 10.9. The molecule has 0 amide bonds. The number of alkyl halides is 1. The second-order valence-electron chi connectivity index (χ2n) is 3.65. The van der Waals surface area contributed by atoms with E-state index in [2.05, 4.69) is 4.98 Å². The van der Waals surface area contributed by atoms with Crippen molar-refractivity contribution in [2.24, 2.45) is 0 Å². The van der Waals surface area contributed by atoms with Gasteiger partial charge in [-0.1, -0.05) is 23.2 Å². The van der Waals surface area contributed by atoms with Gasteiger partial charge in [-0.3, -0.25) is 0 Å². The molecule has 0 aliphatic heterocycles. The molecule has 0 spiro atoms. The Hall–Kier alpha value is -0.700. The van der Waals surface area contributed by atoms with E-state index in [0.717, 1.165) is 16.5 Å². The number of hydrogen-bond acceptors (Lipinski definition) is 2. The number of halogens is 3. The highest BCUT2D eigenvalue weighted by Crippen LogP contribution is 2.34. The molecule has 0 saturated carbocycles. The van der Waals surface area contributed by atoms with E-state index < -0.39 is 0 Å². The van der Waals surface area contributed by atoms with Gasteiger partial charge in [-0.05, 0) is 18.6 Å². The minimum absolute atomic E-state index is 0.316. The van der Waals surface area contributed by atoms with Crippen LogP contribution in [0, 0.1) is 6.92 Å². The summed E-state index contributed by atoms with van der Waals surface area (Å²) in [5, 5.41) is 1.95. The molecule has 5 heteroatoms. The molecule has 2 aromatic rings. The first-order chi connectivity index (χ1) is 8.08. The van der Waals surface area contributed by atoms with Crippen LogP contribution in [0.15, 0.2) is 12.1 Å². The summed E-state index contributed by atoms with van der Waals surface area (Å²) < 4.78 is 5.25. The van der Waals surface area contributed by atoms with Crippen LogP contribution in [-0.2, 0) is 5.88 Å². The molecule has 0 unspecified atom stereocenters. The standard InChI is InChI=1S/C12H10Cl3NO/c1-6-8-3-7(5-13)12(15)16-11(8)10(17-2)4-9(6)14/h3-4H,5H2,1-2H3. The summed E-state index contributed by atoms with van der Waals surface area (Å²) in [4.78, 5) is 4.32. The van der Waals surface area contributed by atoms with Crippen molar-refractivity contribution in [2.75, 3.05) is 7.11 Å². The van der Waals surface area contributed by atoms with Gasteiger partial charge in [0.25, 0.3) is 0 Å². The Morgan fingerprint density at radius 3 is 2.59 bits per heavy atom. The topological polar surface area (TPSA) is 22.1 Å². The fourth-order valence-corrected chi connectivity index (χ4v) is 2.35. The Balaban J connectivity index is 2.88. The van der Waals surface area contributed by atoms with Gasteiger partial charge in [0.05, 0.1) is 13.0 Å². The average Bonchev–Trinajstić information content (AvgIpc) is 2.33. The molecule has 0 fully saturated rings. The van der Waals surface area contributed by atoms with Crippen molar-refractivity contribution in [3.63, 3.8) is 0 Å². The summed E-state index contributed by atoms with van der Waals surface area (Å²) in [7, 11) is 1.57. The Kier molecular flexibility index (Phi) is 3.67. The molecule has 0 saturated heterocycles. The summed E-state index contributed by atoms with van der Waals surface area (Å²) in [5.74, 6) is 0.925. The molecule has 0 bridgehead atoms. The van der Waals surface area contributed by atoms with Crippen LogP contribution < -0.4 is 4.74 Å². The third-order valence-corrected chi connectivity index (χ3v) is 3.67. The highest BCUT2D eigenvalue weighted by atomic mass is 35.5. The van der Waals surface area contributed by atoms with Crippen LogP contribution >= 0.6 is 34.8 Å². The zero-order chi connectivity index (χ0) is 12.6. The van der Waals surface area contributed by atoms with Gasteiger partial charge < -0.3 is 4.74 Å². The Morgan fingerprint density at radius 1 is 1.29 bits per heavy atom. The minimum Gasteiger partial charge on any atom is -0.494 e. The minimum atomic E-state index is 0.316. The van der Waals surface area contributed by atoms with E-state index in [4.69, 9.17) is 39.5 Å². The SMILES string of the molecule is COc1cc(Cl)c(C)c2cc(CCl)c(Cl)nc12. The number of methoxy groups -OCH3 is 1. The van der Waals surface area contributed by atoms with Crippen molar-refractivity contribution < 1.29 is 4.74 Å². The van der Waals surface area contributed by atoms with Gasteiger partial charge >= 0.3 is 0 Å². The van der Waals surface area contributed by atoms with Crippen LogP contribution in [0.1, 0.15) is 11.1 Å². The lowest BCUT2D eigenvalue weighted by Gasteiger charge is -2.11.